The maximum absolute atomic E-state index is 10.9. The van der Waals surface area contributed by atoms with Crippen molar-refractivity contribution in [1.29, 1.82) is 0 Å². The number of amides is 1. The number of nitrogens with two attached hydrogens (primary N) is 2. The molecule has 104 valence electrons. The molecule has 2 rings (SSSR count). The van der Waals surface area contributed by atoms with Crippen LogP contribution in [-0.4, -0.2) is 47.5 Å². The number of likely N-dealkylation sites (N-methyl/N-ethyl adjacent to an activating group) is 1. The van der Waals surface area contributed by atoms with Crippen LogP contribution < -0.4 is 21.3 Å². The second-order valence-electron chi connectivity index (χ2n) is 4.66. The van der Waals surface area contributed by atoms with E-state index in [-0.39, 0.29) is 12.5 Å². The zero-order chi connectivity index (χ0) is 13.8. The fraction of sp³-hybridized carbons (Fsp3) is 0.636. The van der Waals surface area contributed by atoms with Crippen LogP contribution in [0.1, 0.15) is 19.3 Å². The molecule has 0 aliphatic carbocycles. The highest BCUT2D eigenvalue weighted by Crippen LogP contribution is 2.18. The van der Waals surface area contributed by atoms with Crippen molar-refractivity contribution >= 4 is 23.8 Å². The first-order valence-electron chi connectivity index (χ1n) is 6.32. The quantitative estimate of drug-likeness (QED) is 0.744. The number of piperidine rings is 1. The molecule has 4 N–H and O–H groups in total. The standard InChI is InChI=1S/C11H19N7O/c1-17(7-8(12)19)10-14-9(13)15-11(16-10)18-5-3-2-4-6-18/h2-7H2,1H3,(H2,12,19)(H2,13,14,15,16). The van der Waals surface area contributed by atoms with E-state index in [2.05, 4.69) is 19.9 Å². The van der Waals surface area contributed by atoms with Gasteiger partial charge in [-0.25, -0.2) is 0 Å². The third kappa shape index (κ3) is 3.43. The molecule has 0 spiro atoms. The highest BCUT2D eigenvalue weighted by molar-refractivity contribution is 5.78. The van der Waals surface area contributed by atoms with Crippen molar-refractivity contribution in [2.75, 3.05) is 42.2 Å². The van der Waals surface area contributed by atoms with Crippen molar-refractivity contribution in [3.63, 3.8) is 0 Å². The molecule has 0 atom stereocenters. The van der Waals surface area contributed by atoms with Gasteiger partial charge in [0, 0.05) is 20.1 Å². The normalized spacial score (nSPS) is 15.3. The number of aromatic nitrogens is 3. The van der Waals surface area contributed by atoms with Crippen LogP contribution in [0.15, 0.2) is 0 Å². The van der Waals surface area contributed by atoms with Gasteiger partial charge in [0.2, 0.25) is 23.8 Å². The molecule has 19 heavy (non-hydrogen) atoms. The Bertz CT molecular complexity index is 458. The number of carbonyl (C=O) groups is 1. The Morgan fingerprint density at radius 2 is 1.95 bits per heavy atom. The van der Waals surface area contributed by atoms with Crippen LogP contribution in [0.2, 0.25) is 0 Å². The predicted octanol–water partition coefficient (Wildman–Crippen LogP) is -0.634. The van der Waals surface area contributed by atoms with E-state index in [0.29, 0.717) is 11.9 Å². The average molecular weight is 265 g/mol. The van der Waals surface area contributed by atoms with Crippen molar-refractivity contribution in [1.82, 2.24) is 15.0 Å². The summed E-state index contributed by atoms with van der Waals surface area (Å²) in [6, 6.07) is 0. The van der Waals surface area contributed by atoms with Crippen LogP contribution in [0, 0.1) is 0 Å². The fourth-order valence-corrected chi connectivity index (χ4v) is 2.08. The SMILES string of the molecule is CN(CC(N)=O)c1nc(N)nc(N2CCCCC2)n1. The summed E-state index contributed by atoms with van der Waals surface area (Å²) in [5, 5.41) is 0. The van der Waals surface area contributed by atoms with Gasteiger partial charge in [-0.15, -0.1) is 0 Å². The minimum atomic E-state index is -0.444. The van der Waals surface area contributed by atoms with Gasteiger partial charge >= 0.3 is 0 Å². The molecule has 2 heterocycles. The summed E-state index contributed by atoms with van der Waals surface area (Å²) in [5.41, 5.74) is 10.9. The summed E-state index contributed by atoms with van der Waals surface area (Å²) in [6.07, 6.45) is 3.47. The van der Waals surface area contributed by atoms with Gasteiger partial charge in [-0.1, -0.05) is 0 Å². The van der Waals surface area contributed by atoms with Gasteiger partial charge in [0.15, 0.2) is 0 Å². The molecule has 0 bridgehead atoms. The third-order valence-corrected chi connectivity index (χ3v) is 3.00. The zero-order valence-corrected chi connectivity index (χ0v) is 11.0. The molecule has 8 heteroatoms. The van der Waals surface area contributed by atoms with Crippen molar-refractivity contribution in [3.05, 3.63) is 0 Å². The van der Waals surface area contributed by atoms with Gasteiger partial charge in [-0.3, -0.25) is 4.79 Å². The van der Waals surface area contributed by atoms with E-state index in [4.69, 9.17) is 11.5 Å². The van der Waals surface area contributed by atoms with Gasteiger partial charge in [-0.2, -0.15) is 15.0 Å². The molecule has 1 aromatic heterocycles. The number of hydrogen-bond donors (Lipinski definition) is 2. The smallest absolute Gasteiger partial charge is 0.237 e. The highest BCUT2D eigenvalue weighted by Gasteiger charge is 2.17. The summed E-state index contributed by atoms with van der Waals surface area (Å²) >= 11 is 0. The van der Waals surface area contributed by atoms with E-state index in [9.17, 15) is 4.79 Å². The Labute approximate surface area is 111 Å². The van der Waals surface area contributed by atoms with E-state index in [0.717, 1.165) is 25.9 Å². The van der Waals surface area contributed by atoms with E-state index in [1.54, 1.807) is 11.9 Å². The molecule has 1 aliphatic rings. The van der Waals surface area contributed by atoms with Crippen molar-refractivity contribution in [2.24, 2.45) is 5.73 Å². The topological polar surface area (TPSA) is 114 Å². The van der Waals surface area contributed by atoms with Gasteiger partial charge in [0.05, 0.1) is 6.54 Å². The van der Waals surface area contributed by atoms with Crippen molar-refractivity contribution in [3.8, 4) is 0 Å². The molecule has 1 amide bonds. The number of hydrogen-bond acceptors (Lipinski definition) is 7. The van der Waals surface area contributed by atoms with E-state index >= 15 is 0 Å². The van der Waals surface area contributed by atoms with Gasteiger partial charge in [0.1, 0.15) is 0 Å². The molecule has 0 saturated carbocycles. The number of rotatable bonds is 4. The Balaban J connectivity index is 2.20. The highest BCUT2D eigenvalue weighted by atomic mass is 16.1. The summed E-state index contributed by atoms with van der Waals surface area (Å²) in [6.45, 7) is 1.88. The monoisotopic (exact) mass is 265 g/mol. The van der Waals surface area contributed by atoms with Crippen LogP contribution in [0.3, 0.4) is 0 Å². The minimum absolute atomic E-state index is 0.0445. The molecule has 0 unspecified atom stereocenters. The van der Waals surface area contributed by atoms with Crippen LogP contribution in [0.25, 0.3) is 0 Å². The lowest BCUT2D eigenvalue weighted by Gasteiger charge is -2.27. The van der Waals surface area contributed by atoms with Crippen molar-refractivity contribution in [2.45, 2.75) is 19.3 Å². The molecule has 8 nitrogen and oxygen atoms in total. The lowest BCUT2D eigenvalue weighted by molar-refractivity contribution is -0.116. The van der Waals surface area contributed by atoms with Crippen LogP contribution in [0.4, 0.5) is 17.8 Å². The molecular weight excluding hydrogens is 246 g/mol. The molecule has 0 radical (unpaired) electrons. The summed E-state index contributed by atoms with van der Waals surface area (Å²) in [7, 11) is 1.69. The summed E-state index contributed by atoms with van der Waals surface area (Å²) < 4.78 is 0. The Morgan fingerprint density at radius 3 is 2.58 bits per heavy atom. The molecule has 1 aromatic rings. The lowest BCUT2D eigenvalue weighted by Crippen LogP contribution is -2.34. The van der Waals surface area contributed by atoms with Crippen LogP contribution in [0.5, 0.6) is 0 Å². The Hall–Kier alpha value is -2.12. The van der Waals surface area contributed by atoms with E-state index in [1.807, 2.05) is 0 Å². The van der Waals surface area contributed by atoms with Crippen LogP contribution in [-0.2, 0) is 4.79 Å². The fourth-order valence-electron chi connectivity index (χ4n) is 2.08. The first-order chi connectivity index (χ1) is 9.06. The second-order valence-corrected chi connectivity index (χ2v) is 4.66. The lowest BCUT2D eigenvalue weighted by atomic mass is 10.1. The minimum Gasteiger partial charge on any atom is -0.368 e. The second kappa shape index (κ2) is 5.68. The van der Waals surface area contributed by atoms with Crippen molar-refractivity contribution < 1.29 is 4.79 Å². The summed E-state index contributed by atoms with van der Waals surface area (Å²) in [5.74, 6) is 0.647. The third-order valence-electron chi connectivity index (χ3n) is 3.00. The first-order valence-corrected chi connectivity index (χ1v) is 6.32. The number of carbonyl (C=O) groups excluding carboxylic acids is 1. The molecule has 1 aliphatic heterocycles. The maximum Gasteiger partial charge on any atom is 0.237 e. The number of primary amides is 1. The number of anilines is 3. The van der Waals surface area contributed by atoms with Gasteiger partial charge < -0.3 is 21.3 Å². The molecule has 1 saturated heterocycles. The van der Waals surface area contributed by atoms with Gasteiger partial charge in [-0.05, 0) is 19.3 Å². The van der Waals surface area contributed by atoms with E-state index in [1.165, 1.54) is 6.42 Å². The largest absolute Gasteiger partial charge is 0.368 e. The average Bonchev–Trinajstić information content (AvgIpc) is 2.38. The maximum atomic E-state index is 10.9. The van der Waals surface area contributed by atoms with Crippen LogP contribution >= 0.6 is 0 Å². The molecule has 0 aromatic carbocycles. The molecular formula is C11H19N7O. The Kier molecular flexibility index (Phi) is 3.98. The van der Waals surface area contributed by atoms with Gasteiger partial charge in [0.25, 0.3) is 0 Å². The predicted molar refractivity (Wildman–Crippen MR) is 72.8 cm³/mol. The first kappa shape index (κ1) is 13.3. The Morgan fingerprint density at radius 1 is 1.26 bits per heavy atom. The summed E-state index contributed by atoms with van der Waals surface area (Å²) in [4.78, 5) is 27.1. The number of nitrogens with zero attached hydrogens (tertiary/aromatic N) is 5. The zero-order valence-electron chi connectivity index (χ0n) is 11.0. The molecule has 1 fully saturated rings. The number of nitrogen functional groups attached to an aromatic ring is 1. The van der Waals surface area contributed by atoms with E-state index < -0.39 is 5.91 Å².